The summed E-state index contributed by atoms with van der Waals surface area (Å²) < 4.78 is 41.2. The molecule has 1 aliphatic carbocycles. The van der Waals surface area contributed by atoms with Crippen molar-refractivity contribution in [3.8, 4) is 0 Å². The Hall–Kier alpha value is -7.49. The Balaban J connectivity index is 0.655. The number of likely N-dealkylation sites (tertiary alicyclic amines) is 1. The molecule has 3 aromatic heterocycles. The molecule has 0 radical (unpaired) electrons. The number of imidazole rings is 1. The highest BCUT2D eigenvalue weighted by atomic mass is 19.4. The lowest BCUT2D eigenvalue weighted by Gasteiger charge is -2.39. The summed E-state index contributed by atoms with van der Waals surface area (Å²) in [7, 11) is 0. The number of amides is 6. The molecule has 7 heterocycles. The van der Waals surface area contributed by atoms with Crippen LogP contribution in [-0.4, -0.2) is 139 Å². The van der Waals surface area contributed by atoms with E-state index in [0.717, 1.165) is 67.9 Å². The smallest absolute Gasteiger partial charge is 0.375 e. The van der Waals surface area contributed by atoms with E-state index in [1.807, 2.05) is 21.6 Å². The van der Waals surface area contributed by atoms with Crippen molar-refractivity contribution in [1.29, 1.82) is 0 Å². The minimum Gasteiger partial charge on any atom is -0.375 e. The van der Waals surface area contributed by atoms with Crippen LogP contribution in [0.4, 0.5) is 36.1 Å². The molecule has 4 fully saturated rings. The number of carbonyl (C=O) groups is 6. The first kappa shape index (κ1) is 45.3. The summed E-state index contributed by atoms with van der Waals surface area (Å²) in [5.41, 5.74) is 2.37. The first-order valence-corrected chi connectivity index (χ1v) is 23.0. The number of fused-ring (bicyclic) bond motifs is 2. The number of hydrogen-bond acceptors (Lipinski definition) is 14. The molecule has 5 aliphatic rings. The van der Waals surface area contributed by atoms with Crippen molar-refractivity contribution in [2.24, 2.45) is 5.92 Å². The highest BCUT2D eigenvalue weighted by Crippen LogP contribution is 2.37. The SMILES string of the molecule is O=C1CC[C@H](N2C(=O)c3cccc(NCC(=O)N4CCC(CN5CCN(c6ccc(Nc7ncnc8c7ncn8C7CC(NC(=O)c8cccc(C(F)(F)F)n8)C7)cc6)CC5)CC4)c3C2=O)C(=O)N1. The van der Waals surface area contributed by atoms with Crippen LogP contribution in [0.1, 0.15) is 81.5 Å². The van der Waals surface area contributed by atoms with Gasteiger partial charge in [0.2, 0.25) is 17.7 Å². The molecule has 358 valence electrons. The van der Waals surface area contributed by atoms with Gasteiger partial charge >= 0.3 is 6.18 Å². The number of nitrogens with zero attached hydrogens (tertiary/aromatic N) is 9. The second-order valence-corrected chi connectivity index (χ2v) is 18.1. The van der Waals surface area contributed by atoms with Crippen LogP contribution in [0.2, 0.25) is 0 Å². The number of anilines is 4. The number of hydrogen-bond donors (Lipinski definition) is 4. The van der Waals surface area contributed by atoms with Crippen molar-refractivity contribution in [2.45, 2.75) is 62.8 Å². The van der Waals surface area contributed by atoms with Crippen LogP contribution in [0.15, 0.2) is 73.3 Å². The second-order valence-electron chi connectivity index (χ2n) is 18.1. The van der Waals surface area contributed by atoms with E-state index in [-0.39, 0.29) is 54.2 Å². The minimum atomic E-state index is -4.64. The van der Waals surface area contributed by atoms with Gasteiger partial charge in [-0.3, -0.25) is 43.9 Å². The summed E-state index contributed by atoms with van der Waals surface area (Å²) in [6, 6.07) is 14.9. The molecule has 6 amide bonds. The van der Waals surface area contributed by atoms with E-state index >= 15 is 0 Å². The third kappa shape index (κ3) is 9.27. The van der Waals surface area contributed by atoms with E-state index in [4.69, 9.17) is 0 Å². The van der Waals surface area contributed by atoms with Crippen molar-refractivity contribution in [3.05, 3.63) is 95.8 Å². The molecule has 4 N–H and O–H groups in total. The first-order valence-electron chi connectivity index (χ1n) is 23.0. The van der Waals surface area contributed by atoms with Gasteiger partial charge < -0.3 is 30.3 Å². The highest BCUT2D eigenvalue weighted by molar-refractivity contribution is 6.25. The predicted molar refractivity (Wildman–Crippen MR) is 243 cm³/mol. The van der Waals surface area contributed by atoms with Gasteiger partial charge in [-0.1, -0.05) is 12.1 Å². The summed E-state index contributed by atoms with van der Waals surface area (Å²) in [5, 5.41) is 11.4. The molecule has 3 saturated heterocycles. The summed E-state index contributed by atoms with van der Waals surface area (Å²) in [6.45, 7) is 5.72. The molecule has 5 aromatic rings. The predicted octanol–water partition coefficient (Wildman–Crippen LogP) is 3.99. The highest BCUT2D eigenvalue weighted by Gasteiger charge is 2.46. The lowest BCUT2D eigenvalue weighted by atomic mass is 9.86. The van der Waals surface area contributed by atoms with Crippen LogP contribution in [0.5, 0.6) is 0 Å². The van der Waals surface area contributed by atoms with E-state index in [2.05, 4.69) is 63.1 Å². The molecule has 19 nitrogen and oxygen atoms in total. The number of aromatic nitrogens is 5. The van der Waals surface area contributed by atoms with Crippen LogP contribution in [-0.2, 0) is 20.6 Å². The van der Waals surface area contributed by atoms with Crippen molar-refractivity contribution in [1.82, 2.24) is 49.8 Å². The number of nitrogens with one attached hydrogen (secondary N) is 4. The number of pyridine rings is 1. The summed E-state index contributed by atoms with van der Waals surface area (Å²) >= 11 is 0. The average Bonchev–Trinajstić information content (AvgIpc) is 3.88. The van der Waals surface area contributed by atoms with E-state index in [0.29, 0.717) is 54.5 Å². The average molecular weight is 948 g/mol. The van der Waals surface area contributed by atoms with E-state index in [1.165, 1.54) is 24.5 Å². The Labute approximate surface area is 392 Å². The number of carbonyl (C=O) groups excluding carboxylic acids is 6. The Bertz CT molecular complexity index is 2840. The Kier molecular flexibility index (Phi) is 12.2. The number of rotatable bonds is 12. The molecule has 10 rings (SSSR count). The van der Waals surface area contributed by atoms with Crippen molar-refractivity contribution in [3.63, 3.8) is 0 Å². The van der Waals surface area contributed by atoms with E-state index in [1.54, 1.807) is 18.5 Å². The lowest BCUT2D eigenvalue weighted by molar-refractivity contribution is -0.141. The molecular weight excluding hydrogens is 900 g/mol. The third-order valence-electron chi connectivity index (χ3n) is 13.7. The van der Waals surface area contributed by atoms with Crippen molar-refractivity contribution in [2.75, 3.05) is 67.9 Å². The quantitative estimate of drug-likeness (QED) is 0.130. The fourth-order valence-corrected chi connectivity index (χ4v) is 9.88. The molecule has 0 spiro atoms. The Morgan fingerprint density at radius 3 is 2.32 bits per heavy atom. The van der Waals surface area contributed by atoms with Crippen LogP contribution >= 0.6 is 0 Å². The van der Waals surface area contributed by atoms with Gasteiger partial charge in [0, 0.05) is 81.4 Å². The van der Waals surface area contributed by atoms with Gasteiger partial charge in [-0.15, -0.1) is 0 Å². The van der Waals surface area contributed by atoms with Gasteiger partial charge in [-0.2, -0.15) is 13.2 Å². The van der Waals surface area contributed by atoms with Gasteiger partial charge in [-0.25, -0.2) is 19.9 Å². The molecule has 0 unspecified atom stereocenters. The molecule has 1 atom stereocenters. The maximum Gasteiger partial charge on any atom is 0.433 e. The molecule has 1 saturated carbocycles. The maximum absolute atomic E-state index is 13.4. The fraction of sp³-hybridized carbons (Fsp3) is 0.404. The monoisotopic (exact) mass is 947 g/mol. The zero-order valence-electron chi connectivity index (χ0n) is 37.2. The molecule has 4 aliphatic heterocycles. The number of benzene rings is 2. The van der Waals surface area contributed by atoms with E-state index in [9.17, 15) is 41.9 Å². The molecule has 2 aromatic carbocycles. The second kappa shape index (κ2) is 18.5. The van der Waals surface area contributed by atoms with Crippen LogP contribution in [0, 0.1) is 5.92 Å². The topological polar surface area (TPSA) is 220 Å². The standard InChI is InChI=1S/C47H48F3N13O6/c48-47(49,50)36-6-2-5-34(57-36)43(66)56-29-21-31(22-29)62-26-54-40-41(52-25-53-42(40)62)55-28-7-9-30(10-8-28)60-19-17-59(18-20-60)24-27-13-15-61(16-14-27)38(65)23-51-33-4-1-3-32-39(33)46(69)63(45(32)68)35-11-12-37(64)58-44(35)67/h1-10,25-27,29,31,35,51H,11-24H2,(H,56,66)(H,52,53,55)(H,58,64,67)/t29?,31?,35-/m0/s1. The molecular formula is C47H48F3N13O6. The summed E-state index contributed by atoms with van der Waals surface area (Å²) in [6.07, 6.45) is 1.45. The maximum atomic E-state index is 13.4. The zero-order valence-corrected chi connectivity index (χ0v) is 37.2. The van der Waals surface area contributed by atoms with Crippen LogP contribution in [0.25, 0.3) is 11.2 Å². The van der Waals surface area contributed by atoms with E-state index < -0.39 is 47.4 Å². The summed E-state index contributed by atoms with van der Waals surface area (Å²) in [5.74, 6) is -2.11. The van der Waals surface area contributed by atoms with Crippen LogP contribution < -0.4 is 26.2 Å². The van der Waals surface area contributed by atoms with Gasteiger partial charge in [0.1, 0.15) is 23.8 Å². The molecule has 69 heavy (non-hydrogen) atoms. The van der Waals surface area contributed by atoms with Gasteiger partial charge in [0.05, 0.1) is 24.0 Å². The Morgan fingerprint density at radius 2 is 1.58 bits per heavy atom. The van der Waals surface area contributed by atoms with Crippen molar-refractivity contribution >= 4 is 69.5 Å². The zero-order chi connectivity index (χ0) is 48.0. The normalized spacial score (nSPS) is 21.3. The first-order chi connectivity index (χ1) is 33.3. The number of alkyl halides is 3. The molecule has 0 bridgehead atoms. The fourth-order valence-electron chi connectivity index (χ4n) is 9.88. The largest absolute Gasteiger partial charge is 0.433 e. The third-order valence-corrected chi connectivity index (χ3v) is 13.7. The molecule has 22 heteroatoms. The Morgan fingerprint density at radius 1 is 0.826 bits per heavy atom. The van der Waals surface area contributed by atoms with Gasteiger partial charge in [-0.05, 0) is 86.6 Å². The number of imide groups is 2. The number of halogens is 3. The lowest BCUT2D eigenvalue weighted by Crippen LogP contribution is -2.54. The minimum absolute atomic E-state index is 0.0192. The van der Waals surface area contributed by atoms with Crippen LogP contribution in [0.3, 0.4) is 0 Å². The number of piperazine rings is 1. The number of piperidine rings is 2. The summed E-state index contributed by atoms with van der Waals surface area (Å²) in [4.78, 5) is 101. The van der Waals surface area contributed by atoms with Gasteiger partial charge in [0.25, 0.3) is 17.7 Å². The van der Waals surface area contributed by atoms with Crippen molar-refractivity contribution < 1.29 is 41.9 Å². The van der Waals surface area contributed by atoms with Gasteiger partial charge in [0.15, 0.2) is 17.0 Å².